The second-order valence-electron chi connectivity index (χ2n) is 5.82. The average molecular weight is 534 g/mol. The van der Waals surface area contributed by atoms with Crippen molar-refractivity contribution >= 4 is 53.9 Å². The molecule has 0 heterocycles. The van der Waals surface area contributed by atoms with Crippen molar-refractivity contribution in [3.63, 3.8) is 0 Å². The molecule has 0 bridgehead atoms. The molecule has 0 aliphatic carbocycles. The lowest BCUT2D eigenvalue weighted by Gasteiger charge is -2.23. The van der Waals surface area contributed by atoms with Crippen molar-refractivity contribution in [2.45, 2.75) is 32.5 Å². The van der Waals surface area contributed by atoms with Crippen LogP contribution < -0.4 is 14.8 Å². The molecule has 6 nitrogen and oxygen atoms in total. The van der Waals surface area contributed by atoms with Crippen molar-refractivity contribution in [1.82, 2.24) is 5.32 Å². The zero-order chi connectivity index (χ0) is 18.7. The van der Waals surface area contributed by atoms with Crippen LogP contribution in [0, 0.1) is 0 Å². The molecular weight excluding hydrogens is 514 g/mol. The molecule has 9 heteroatoms. The first-order valence-corrected chi connectivity index (χ1v) is 9.34. The van der Waals surface area contributed by atoms with Crippen LogP contribution in [0.15, 0.2) is 13.4 Å². The van der Waals surface area contributed by atoms with Crippen LogP contribution in [0.5, 0.6) is 11.5 Å². The van der Waals surface area contributed by atoms with E-state index in [-0.39, 0.29) is 6.54 Å². The third-order valence-electron chi connectivity index (χ3n) is 2.85. The number of hydrogen-bond acceptors (Lipinski definition) is 5. The molecule has 0 aliphatic rings. The van der Waals surface area contributed by atoms with Gasteiger partial charge in [-0.2, -0.15) is 0 Å². The number of benzene rings is 1. The van der Waals surface area contributed by atoms with Crippen molar-refractivity contribution in [1.29, 1.82) is 0 Å². The number of halogens is 3. The second kappa shape index (κ2) is 8.73. The van der Waals surface area contributed by atoms with Gasteiger partial charge in [-0.05, 0) is 68.6 Å². The molecule has 0 spiro atoms. The summed E-state index contributed by atoms with van der Waals surface area (Å²) in [6, 6.07) is 0. The van der Waals surface area contributed by atoms with Crippen LogP contribution in [-0.2, 0) is 4.74 Å². The summed E-state index contributed by atoms with van der Waals surface area (Å²) < 4.78 is 17.5. The molecule has 1 atom stereocenters. The number of aliphatic hydroxyl groups is 1. The molecule has 1 aromatic carbocycles. The topological polar surface area (TPSA) is 77.0 Å². The van der Waals surface area contributed by atoms with Crippen LogP contribution in [0.4, 0.5) is 4.79 Å². The van der Waals surface area contributed by atoms with Crippen molar-refractivity contribution < 1.29 is 24.1 Å². The molecule has 1 rings (SSSR count). The number of carbonyl (C=O) groups is 1. The maximum absolute atomic E-state index is 11.7. The maximum Gasteiger partial charge on any atom is 0.407 e. The van der Waals surface area contributed by atoms with Gasteiger partial charge in [0.15, 0.2) is 11.5 Å². The summed E-state index contributed by atoms with van der Waals surface area (Å²) in [7, 11) is 3.01. The van der Waals surface area contributed by atoms with E-state index in [1.54, 1.807) is 20.8 Å². The Bertz CT molecular complexity index is 616. The Morgan fingerprint density at radius 2 is 1.58 bits per heavy atom. The first kappa shape index (κ1) is 21.5. The summed E-state index contributed by atoms with van der Waals surface area (Å²) in [5, 5.41) is 13.0. The fraction of sp³-hybridized carbons (Fsp3) is 0.533. The van der Waals surface area contributed by atoms with Gasteiger partial charge in [0.1, 0.15) is 5.60 Å². The van der Waals surface area contributed by atoms with E-state index in [1.807, 2.05) is 0 Å². The Morgan fingerprint density at radius 3 is 2.04 bits per heavy atom. The minimum Gasteiger partial charge on any atom is -0.492 e. The van der Waals surface area contributed by atoms with E-state index in [2.05, 4.69) is 53.1 Å². The lowest BCUT2D eigenvalue weighted by Crippen LogP contribution is -2.35. The van der Waals surface area contributed by atoms with E-state index in [9.17, 15) is 9.90 Å². The van der Waals surface area contributed by atoms with Gasteiger partial charge in [0, 0.05) is 10.0 Å². The van der Waals surface area contributed by atoms with Crippen molar-refractivity contribution in [2.24, 2.45) is 0 Å². The molecule has 0 aromatic heterocycles. The van der Waals surface area contributed by atoms with Crippen LogP contribution in [-0.4, -0.2) is 37.6 Å². The number of nitrogens with one attached hydrogen (secondary N) is 1. The van der Waals surface area contributed by atoms with Gasteiger partial charge < -0.3 is 24.6 Å². The van der Waals surface area contributed by atoms with Crippen molar-refractivity contribution in [3.05, 3.63) is 19.0 Å². The Hall–Kier alpha value is -0.510. The van der Waals surface area contributed by atoms with Crippen LogP contribution >= 0.6 is 47.8 Å². The first-order valence-electron chi connectivity index (χ1n) is 6.96. The Balaban J connectivity index is 3.05. The zero-order valence-corrected chi connectivity index (χ0v) is 18.8. The van der Waals surface area contributed by atoms with Crippen LogP contribution in [0.2, 0.25) is 0 Å². The summed E-state index contributed by atoms with van der Waals surface area (Å²) in [6.45, 7) is 5.26. The van der Waals surface area contributed by atoms with Crippen LogP contribution in [0.1, 0.15) is 32.4 Å². The fourth-order valence-corrected chi connectivity index (χ4v) is 4.16. The number of ether oxygens (including phenoxy) is 3. The molecule has 2 N–H and O–H groups in total. The normalized spacial score (nSPS) is 12.5. The number of rotatable bonds is 5. The number of alkyl carbamates (subject to hydrolysis) is 1. The van der Waals surface area contributed by atoms with Gasteiger partial charge >= 0.3 is 6.09 Å². The summed E-state index contributed by atoms with van der Waals surface area (Å²) in [4.78, 5) is 11.7. The van der Waals surface area contributed by atoms with Gasteiger partial charge in [-0.3, -0.25) is 0 Å². The number of aliphatic hydroxyl groups excluding tert-OH is 1. The van der Waals surface area contributed by atoms with Gasteiger partial charge in [0.05, 0.1) is 35.8 Å². The van der Waals surface area contributed by atoms with E-state index >= 15 is 0 Å². The first-order chi connectivity index (χ1) is 11.0. The molecule has 1 amide bonds. The molecule has 0 saturated heterocycles. The third-order valence-corrected chi connectivity index (χ3v) is 5.75. The molecule has 0 saturated carbocycles. The SMILES string of the molecule is COc1c(Br)c(Br)c(C(O)CNC(=O)OC(C)(C)C)c(Br)c1OC. The summed E-state index contributed by atoms with van der Waals surface area (Å²) >= 11 is 10.3. The number of hydrogen-bond donors (Lipinski definition) is 2. The molecule has 0 radical (unpaired) electrons. The zero-order valence-electron chi connectivity index (χ0n) is 14.0. The molecule has 1 unspecified atom stereocenters. The smallest absolute Gasteiger partial charge is 0.407 e. The molecular formula is C15H20Br3NO5. The minimum absolute atomic E-state index is 0.0337. The highest BCUT2D eigenvalue weighted by Crippen LogP contribution is 2.49. The minimum atomic E-state index is -1.00. The summed E-state index contributed by atoms with van der Waals surface area (Å²) in [6.07, 6.45) is -1.61. The second-order valence-corrected chi connectivity index (χ2v) is 8.20. The summed E-state index contributed by atoms with van der Waals surface area (Å²) in [5.74, 6) is 0.909. The van der Waals surface area contributed by atoms with Gasteiger partial charge in [0.25, 0.3) is 0 Å². The van der Waals surface area contributed by atoms with Crippen molar-refractivity contribution in [2.75, 3.05) is 20.8 Å². The number of amides is 1. The van der Waals surface area contributed by atoms with Gasteiger partial charge in [-0.25, -0.2) is 4.79 Å². The monoisotopic (exact) mass is 531 g/mol. The molecule has 1 aromatic rings. The van der Waals surface area contributed by atoms with E-state index in [1.165, 1.54) is 14.2 Å². The standard InChI is InChI=1S/C15H20Br3NO5/c1-15(2,3)24-14(21)19-6-7(20)8-9(16)11(18)13(23-5)12(22-4)10(8)17/h7,20H,6H2,1-5H3,(H,19,21). The Kier molecular flexibility index (Phi) is 7.83. The number of methoxy groups -OCH3 is 2. The molecule has 24 heavy (non-hydrogen) atoms. The van der Waals surface area contributed by atoms with Gasteiger partial charge in [0.2, 0.25) is 0 Å². The predicted octanol–water partition coefficient (Wildman–Crippen LogP) is 4.55. The molecule has 0 aliphatic heterocycles. The highest BCUT2D eigenvalue weighted by Gasteiger charge is 2.26. The molecule has 0 fully saturated rings. The van der Waals surface area contributed by atoms with Crippen molar-refractivity contribution in [3.8, 4) is 11.5 Å². The van der Waals surface area contributed by atoms with E-state index < -0.39 is 17.8 Å². The quantitative estimate of drug-likeness (QED) is 0.543. The van der Waals surface area contributed by atoms with Crippen LogP contribution in [0.3, 0.4) is 0 Å². The predicted molar refractivity (Wildman–Crippen MR) is 102 cm³/mol. The molecule has 136 valence electrons. The highest BCUT2D eigenvalue weighted by atomic mass is 79.9. The third kappa shape index (κ3) is 5.24. The van der Waals surface area contributed by atoms with E-state index in [4.69, 9.17) is 14.2 Å². The Morgan fingerprint density at radius 1 is 1.08 bits per heavy atom. The van der Waals surface area contributed by atoms with E-state index in [0.29, 0.717) is 30.5 Å². The Labute approximate surface area is 166 Å². The lowest BCUT2D eigenvalue weighted by molar-refractivity contribution is 0.0491. The summed E-state index contributed by atoms with van der Waals surface area (Å²) in [5.41, 5.74) is -0.0988. The highest BCUT2D eigenvalue weighted by molar-refractivity contribution is 9.13. The van der Waals surface area contributed by atoms with Gasteiger partial charge in [-0.15, -0.1) is 0 Å². The maximum atomic E-state index is 11.7. The lowest BCUT2D eigenvalue weighted by atomic mass is 10.1. The van der Waals surface area contributed by atoms with Crippen LogP contribution in [0.25, 0.3) is 0 Å². The largest absolute Gasteiger partial charge is 0.492 e. The van der Waals surface area contributed by atoms with E-state index in [0.717, 1.165) is 0 Å². The van der Waals surface area contributed by atoms with Gasteiger partial charge in [-0.1, -0.05) is 0 Å². The number of carbonyl (C=O) groups excluding carboxylic acids is 1. The fourth-order valence-electron chi connectivity index (χ4n) is 1.89. The average Bonchev–Trinajstić information content (AvgIpc) is 2.47.